The van der Waals surface area contributed by atoms with Crippen molar-refractivity contribution < 1.29 is 13.5 Å². The molecule has 0 bridgehead atoms. The number of aryl methyl sites for hydroxylation is 1. The lowest BCUT2D eigenvalue weighted by molar-refractivity contribution is 0.305. The maximum Gasteiger partial charge on any atom is 0.273 e. The number of hydrogen-bond donors (Lipinski definition) is 2. The van der Waals surface area contributed by atoms with Crippen LogP contribution in [0.1, 0.15) is 23.1 Å². The van der Waals surface area contributed by atoms with Gasteiger partial charge in [0.1, 0.15) is 4.21 Å². The molecule has 0 aliphatic carbocycles. The van der Waals surface area contributed by atoms with E-state index in [0.717, 1.165) is 11.3 Å². The zero-order chi connectivity index (χ0) is 15.3. The van der Waals surface area contributed by atoms with Crippen LogP contribution < -0.4 is 4.72 Å². The Morgan fingerprint density at radius 1 is 1.38 bits per heavy atom. The molecule has 2 N–H and O–H groups in total. The maximum absolute atomic E-state index is 12.2. The monoisotopic (exact) mass is 342 g/mol. The number of thiazole rings is 1. The van der Waals surface area contributed by atoms with Crippen LogP contribution in [0.25, 0.3) is 0 Å². The van der Waals surface area contributed by atoms with E-state index in [-0.39, 0.29) is 15.9 Å². The predicted molar refractivity (Wildman–Crippen MR) is 85.2 cm³/mol. The highest BCUT2D eigenvalue weighted by Gasteiger charge is 2.18. The largest absolute Gasteiger partial charge is 0.395 e. The van der Waals surface area contributed by atoms with Crippen molar-refractivity contribution in [3.8, 4) is 11.8 Å². The highest BCUT2D eigenvalue weighted by molar-refractivity contribution is 7.94. The minimum absolute atomic E-state index is 0.00340. The lowest BCUT2D eigenvalue weighted by Crippen LogP contribution is -2.10. The van der Waals surface area contributed by atoms with Gasteiger partial charge in [0.25, 0.3) is 10.0 Å². The second kappa shape index (κ2) is 7.04. The Hall–Kier alpha value is -1.40. The van der Waals surface area contributed by atoms with E-state index in [0.29, 0.717) is 11.3 Å². The number of nitrogens with one attached hydrogen (secondary N) is 1. The minimum atomic E-state index is -3.59. The van der Waals surface area contributed by atoms with Crippen LogP contribution >= 0.6 is 22.7 Å². The van der Waals surface area contributed by atoms with Crippen LogP contribution in [0.5, 0.6) is 0 Å². The smallest absolute Gasteiger partial charge is 0.273 e. The Balaban J connectivity index is 2.12. The van der Waals surface area contributed by atoms with Crippen LogP contribution in [-0.2, 0) is 16.4 Å². The van der Waals surface area contributed by atoms with Crippen LogP contribution in [0, 0.1) is 11.8 Å². The molecule has 2 rings (SSSR count). The van der Waals surface area contributed by atoms with Gasteiger partial charge in [-0.2, -0.15) is 0 Å². The molecule has 0 saturated carbocycles. The van der Waals surface area contributed by atoms with Crippen LogP contribution in [0.15, 0.2) is 22.5 Å². The fourth-order valence-electron chi connectivity index (χ4n) is 1.44. The molecule has 5 nitrogen and oxygen atoms in total. The van der Waals surface area contributed by atoms with Gasteiger partial charge < -0.3 is 5.11 Å². The van der Waals surface area contributed by atoms with Crippen molar-refractivity contribution in [2.24, 2.45) is 0 Å². The zero-order valence-corrected chi connectivity index (χ0v) is 13.7. The first-order chi connectivity index (χ1) is 10.0. The Morgan fingerprint density at radius 3 is 2.86 bits per heavy atom. The average Bonchev–Trinajstić information content (AvgIpc) is 3.08. The summed E-state index contributed by atoms with van der Waals surface area (Å²) in [6.07, 6.45) is 2.70. The van der Waals surface area contributed by atoms with Crippen LogP contribution in [0.4, 0.5) is 5.13 Å². The topological polar surface area (TPSA) is 79.3 Å². The first kappa shape index (κ1) is 16.0. The van der Waals surface area contributed by atoms with Crippen molar-refractivity contribution in [2.45, 2.75) is 24.0 Å². The predicted octanol–water partition coefficient (Wildman–Crippen LogP) is 2.30. The number of hydrogen-bond acceptors (Lipinski definition) is 6. The summed E-state index contributed by atoms with van der Waals surface area (Å²) in [5, 5.41) is 8.93. The summed E-state index contributed by atoms with van der Waals surface area (Å²) >= 11 is 2.42. The van der Waals surface area contributed by atoms with Gasteiger partial charge >= 0.3 is 0 Å². The van der Waals surface area contributed by atoms with Gasteiger partial charge in [-0.3, -0.25) is 4.72 Å². The summed E-state index contributed by atoms with van der Waals surface area (Å²) in [4.78, 5) is 5.67. The fourth-order valence-corrected chi connectivity index (χ4v) is 4.67. The molecule has 0 aromatic carbocycles. The van der Waals surface area contributed by atoms with Crippen molar-refractivity contribution >= 4 is 37.8 Å². The van der Waals surface area contributed by atoms with Gasteiger partial charge in [-0.1, -0.05) is 30.1 Å². The third-order valence-corrected chi connectivity index (χ3v) is 6.44. The molecule has 0 spiro atoms. The number of aromatic nitrogens is 1. The number of sulfonamides is 1. The highest BCUT2D eigenvalue weighted by Crippen LogP contribution is 2.26. The molecule has 8 heteroatoms. The van der Waals surface area contributed by atoms with Gasteiger partial charge in [0, 0.05) is 11.3 Å². The molecule has 0 atom stereocenters. The summed E-state index contributed by atoms with van der Waals surface area (Å²) in [7, 11) is -3.59. The molecule has 112 valence electrons. The number of anilines is 1. The molecule has 0 radical (unpaired) electrons. The lowest BCUT2D eigenvalue weighted by atomic mass is 10.4. The second-order valence-corrected chi connectivity index (χ2v) is 8.09. The van der Waals surface area contributed by atoms with E-state index in [2.05, 4.69) is 21.5 Å². The standard InChI is InChI=1S/C13H14N2O3S3/c1-2-10-6-7-12(19-10)21(17,18)15-13-14-9-11(20-13)5-3-4-8-16/h6-7,9,16H,2,4,8H2,1H3,(H,14,15). The normalized spacial score (nSPS) is 11.0. The molecule has 0 unspecified atom stereocenters. The van der Waals surface area contributed by atoms with Crippen molar-refractivity contribution in [3.05, 3.63) is 28.1 Å². The molecule has 21 heavy (non-hydrogen) atoms. The van der Waals surface area contributed by atoms with E-state index in [1.165, 1.54) is 28.9 Å². The molecule has 0 fully saturated rings. The van der Waals surface area contributed by atoms with E-state index >= 15 is 0 Å². The van der Waals surface area contributed by atoms with Crippen LogP contribution in [-0.4, -0.2) is 25.1 Å². The van der Waals surface area contributed by atoms with E-state index in [1.54, 1.807) is 6.07 Å². The minimum Gasteiger partial charge on any atom is -0.395 e. The molecule has 2 aromatic rings. The third-order valence-electron chi connectivity index (χ3n) is 2.43. The number of aliphatic hydroxyl groups is 1. The number of nitrogens with zero attached hydrogens (tertiary/aromatic N) is 1. The van der Waals surface area contributed by atoms with E-state index in [4.69, 9.17) is 5.11 Å². The van der Waals surface area contributed by atoms with Crippen LogP contribution in [0.2, 0.25) is 0 Å². The number of thiophene rings is 1. The molecule has 0 aliphatic heterocycles. The first-order valence-corrected chi connectivity index (χ1v) is 9.34. The van der Waals surface area contributed by atoms with Crippen molar-refractivity contribution in [1.82, 2.24) is 4.98 Å². The molecule has 0 amide bonds. The van der Waals surface area contributed by atoms with E-state index in [1.807, 2.05) is 13.0 Å². The Morgan fingerprint density at radius 2 is 2.19 bits per heavy atom. The number of rotatable bonds is 5. The van der Waals surface area contributed by atoms with Gasteiger partial charge in [0.05, 0.1) is 17.7 Å². The van der Waals surface area contributed by atoms with Gasteiger partial charge in [-0.05, 0) is 18.6 Å². The summed E-state index contributed by atoms with van der Waals surface area (Å²) in [5.74, 6) is 5.58. The molecule has 2 heterocycles. The van der Waals surface area contributed by atoms with Gasteiger partial charge in [0.2, 0.25) is 0 Å². The van der Waals surface area contributed by atoms with Crippen molar-refractivity contribution in [1.29, 1.82) is 0 Å². The summed E-state index contributed by atoms with van der Waals surface area (Å²) < 4.78 is 27.1. The highest BCUT2D eigenvalue weighted by atomic mass is 32.2. The average molecular weight is 342 g/mol. The molecular weight excluding hydrogens is 328 g/mol. The van der Waals surface area contributed by atoms with Crippen LogP contribution in [0.3, 0.4) is 0 Å². The first-order valence-electron chi connectivity index (χ1n) is 6.22. The molecular formula is C13H14N2O3S3. The molecule has 2 aromatic heterocycles. The maximum atomic E-state index is 12.2. The SMILES string of the molecule is CCc1ccc(S(=O)(=O)Nc2ncc(C#CCCO)s2)s1. The molecule has 0 aliphatic rings. The summed E-state index contributed by atoms with van der Waals surface area (Å²) in [5.41, 5.74) is 0. The van der Waals surface area contributed by atoms with Gasteiger partial charge in [-0.25, -0.2) is 13.4 Å². The lowest BCUT2D eigenvalue weighted by Gasteiger charge is -2.01. The van der Waals surface area contributed by atoms with Gasteiger partial charge in [0.15, 0.2) is 5.13 Å². The van der Waals surface area contributed by atoms with Crippen molar-refractivity contribution in [2.75, 3.05) is 11.3 Å². The fraction of sp³-hybridized carbons (Fsp3) is 0.308. The number of aliphatic hydroxyl groups excluding tert-OH is 1. The summed E-state index contributed by atoms with van der Waals surface area (Å²) in [6.45, 7) is 1.98. The molecule has 0 saturated heterocycles. The Bertz CT molecular complexity index is 766. The third kappa shape index (κ3) is 4.28. The Labute approximate surface area is 131 Å². The van der Waals surface area contributed by atoms with Gasteiger partial charge in [-0.15, -0.1) is 11.3 Å². The van der Waals surface area contributed by atoms with Crippen molar-refractivity contribution in [3.63, 3.8) is 0 Å². The van der Waals surface area contributed by atoms with E-state index < -0.39 is 10.0 Å². The van der Waals surface area contributed by atoms with E-state index in [9.17, 15) is 8.42 Å². The Kier molecular flexibility index (Phi) is 5.36. The second-order valence-electron chi connectivity index (χ2n) is 3.98. The summed E-state index contributed by atoms with van der Waals surface area (Å²) in [6, 6.07) is 3.41. The zero-order valence-electron chi connectivity index (χ0n) is 11.3. The quantitative estimate of drug-likeness (QED) is 0.817.